The van der Waals surface area contributed by atoms with E-state index in [9.17, 15) is 4.79 Å². The zero-order chi connectivity index (χ0) is 18.2. The number of ether oxygens (including phenoxy) is 1. The highest BCUT2D eigenvalue weighted by Gasteiger charge is 2.22. The SMILES string of the molecule is O=C(COc1ccccc1)NC[C@H](c1ccc(Cl)cc1)N1CCCCC1. The van der Waals surface area contributed by atoms with Crippen LogP contribution in [-0.2, 0) is 4.79 Å². The zero-order valence-electron chi connectivity index (χ0n) is 14.9. The molecule has 1 saturated heterocycles. The molecule has 2 aromatic rings. The van der Waals surface area contributed by atoms with Crippen molar-refractivity contribution in [2.75, 3.05) is 26.2 Å². The second-order valence-electron chi connectivity index (χ2n) is 6.57. The Morgan fingerprint density at radius 3 is 2.42 bits per heavy atom. The molecule has 1 aliphatic heterocycles. The molecule has 26 heavy (non-hydrogen) atoms. The van der Waals surface area contributed by atoms with Crippen molar-refractivity contribution in [2.24, 2.45) is 0 Å². The molecule has 0 unspecified atom stereocenters. The van der Waals surface area contributed by atoms with Crippen LogP contribution in [0.1, 0.15) is 30.9 Å². The van der Waals surface area contributed by atoms with Crippen molar-refractivity contribution in [3.05, 3.63) is 65.2 Å². The number of halogens is 1. The number of amides is 1. The maximum atomic E-state index is 12.2. The van der Waals surface area contributed by atoms with E-state index in [1.807, 2.05) is 54.6 Å². The van der Waals surface area contributed by atoms with Crippen LogP contribution in [0.4, 0.5) is 0 Å². The van der Waals surface area contributed by atoms with Gasteiger partial charge in [0.2, 0.25) is 0 Å². The molecule has 0 aliphatic carbocycles. The van der Waals surface area contributed by atoms with Gasteiger partial charge in [-0.3, -0.25) is 9.69 Å². The summed E-state index contributed by atoms with van der Waals surface area (Å²) < 4.78 is 5.52. The highest BCUT2D eigenvalue weighted by atomic mass is 35.5. The number of likely N-dealkylation sites (tertiary alicyclic amines) is 1. The number of hydrogen-bond acceptors (Lipinski definition) is 3. The van der Waals surface area contributed by atoms with Crippen LogP contribution < -0.4 is 10.1 Å². The van der Waals surface area contributed by atoms with Gasteiger partial charge in [-0.2, -0.15) is 0 Å². The first-order valence-corrected chi connectivity index (χ1v) is 9.54. The second-order valence-corrected chi connectivity index (χ2v) is 7.01. The highest BCUT2D eigenvalue weighted by molar-refractivity contribution is 6.30. The summed E-state index contributed by atoms with van der Waals surface area (Å²) in [4.78, 5) is 14.7. The van der Waals surface area contributed by atoms with Gasteiger partial charge in [0.05, 0.1) is 6.04 Å². The van der Waals surface area contributed by atoms with Gasteiger partial charge in [-0.25, -0.2) is 0 Å². The summed E-state index contributed by atoms with van der Waals surface area (Å²) in [5.74, 6) is 0.595. The van der Waals surface area contributed by atoms with Crippen molar-refractivity contribution in [1.29, 1.82) is 0 Å². The first-order chi connectivity index (χ1) is 12.7. The third-order valence-electron chi connectivity index (χ3n) is 4.69. The molecule has 0 bridgehead atoms. The first kappa shape index (κ1) is 18.7. The van der Waals surface area contributed by atoms with Gasteiger partial charge in [-0.15, -0.1) is 0 Å². The van der Waals surface area contributed by atoms with E-state index in [-0.39, 0.29) is 18.6 Å². The van der Waals surface area contributed by atoms with E-state index in [0.29, 0.717) is 12.3 Å². The molecule has 2 aromatic carbocycles. The zero-order valence-corrected chi connectivity index (χ0v) is 15.6. The quantitative estimate of drug-likeness (QED) is 0.796. The lowest BCUT2D eigenvalue weighted by Gasteiger charge is -2.35. The summed E-state index contributed by atoms with van der Waals surface area (Å²) in [5.41, 5.74) is 1.18. The van der Waals surface area contributed by atoms with Crippen LogP contribution in [0.2, 0.25) is 5.02 Å². The Bertz CT molecular complexity index is 685. The van der Waals surface area contributed by atoms with Crippen molar-refractivity contribution >= 4 is 17.5 Å². The molecule has 0 aromatic heterocycles. The van der Waals surface area contributed by atoms with E-state index >= 15 is 0 Å². The van der Waals surface area contributed by atoms with E-state index < -0.39 is 0 Å². The topological polar surface area (TPSA) is 41.6 Å². The minimum Gasteiger partial charge on any atom is -0.484 e. The molecule has 1 aliphatic rings. The van der Waals surface area contributed by atoms with Gasteiger partial charge in [0.1, 0.15) is 5.75 Å². The molecule has 1 heterocycles. The van der Waals surface area contributed by atoms with Gasteiger partial charge in [0, 0.05) is 11.6 Å². The van der Waals surface area contributed by atoms with E-state index in [0.717, 1.165) is 18.1 Å². The number of rotatable bonds is 7. The number of piperidine rings is 1. The molecule has 4 nitrogen and oxygen atoms in total. The van der Waals surface area contributed by atoms with Crippen LogP contribution in [0.15, 0.2) is 54.6 Å². The summed E-state index contributed by atoms with van der Waals surface area (Å²) in [7, 11) is 0. The van der Waals surface area contributed by atoms with Crippen LogP contribution in [0.5, 0.6) is 5.75 Å². The molecular weight excluding hydrogens is 348 g/mol. The van der Waals surface area contributed by atoms with Gasteiger partial charge >= 0.3 is 0 Å². The maximum absolute atomic E-state index is 12.2. The lowest BCUT2D eigenvalue weighted by Crippen LogP contribution is -2.41. The molecule has 0 spiro atoms. The largest absolute Gasteiger partial charge is 0.484 e. The van der Waals surface area contributed by atoms with Crippen molar-refractivity contribution in [3.8, 4) is 5.75 Å². The summed E-state index contributed by atoms with van der Waals surface area (Å²) in [6, 6.07) is 17.5. The van der Waals surface area contributed by atoms with Gasteiger partial charge in [-0.1, -0.05) is 48.4 Å². The Labute approximate surface area is 160 Å². The molecule has 3 rings (SSSR count). The average Bonchev–Trinajstić information content (AvgIpc) is 2.69. The number of nitrogens with zero attached hydrogens (tertiary/aromatic N) is 1. The molecule has 1 fully saturated rings. The number of carbonyl (C=O) groups is 1. The van der Waals surface area contributed by atoms with Crippen molar-refractivity contribution in [3.63, 3.8) is 0 Å². The smallest absolute Gasteiger partial charge is 0.258 e. The van der Waals surface area contributed by atoms with Gasteiger partial charge in [0.15, 0.2) is 6.61 Å². The lowest BCUT2D eigenvalue weighted by molar-refractivity contribution is -0.123. The molecule has 0 radical (unpaired) electrons. The number of carbonyl (C=O) groups excluding carboxylic acids is 1. The minimum atomic E-state index is -0.107. The third-order valence-corrected chi connectivity index (χ3v) is 4.94. The van der Waals surface area contributed by atoms with Crippen molar-refractivity contribution in [1.82, 2.24) is 10.2 Å². The molecule has 1 amide bonds. The third kappa shape index (κ3) is 5.48. The fourth-order valence-electron chi connectivity index (χ4n) is 3.30. The first-order valence-electron chi connectivity index (χ1n) is 9.16. The highest BCUT2D eigenvalue weighted by Crippen LogP contribution is 2.25. The van der Waals surface area contributed by atoms with E-state index in [2.05, 4.69) is 10.2 Å². The van der Waals surface area contributed by atoms with Crippen LogP contribution in [0.25, 0.3) is 0 Å². The molecule has 1 N–H and O–H groups in total. The van der Waals surface area contributed by atoms with Crippen LogP contribution in [0.3, 0.4) is 0 Å². The standard InChI is InChI=1S/C21H25ClN2O2/c22-18-11-9-17(10-12-18)20(24-13-5-2-6-14-24)15-23-21(25)16-26-19-7-3-1-4-8-19/h1,3-4,7-12,20H,2,5-6,13-16H2,(H,23,25)/t20-/m1/s1. The Morgan fingerprint density at radius 1 is 1.04 bits per heavy atom. The number of nitrogens with one attached hydrogen (secondary N) is 1. The van der Waals surface area contributed by atoms with E-state index in [4.69, 9.17) is 16.3 Å². The lowest BCUT2D eigenvalue weighted by atomic mass is 10.0. The summed E-state index contributed by atoms with van der Waals surface area (Å²) in [6.45, 7) is 2.71. The van der Waals surface area contributed by atoms with Crippen LogP contribution >= 0.6 is 11.6 Å². The predicted molar refractivity (Wildman–Crippen MR) is 105 cm³/mol. The number of para-hydroxylation sites is 1. The Kier molecular flexibility index (Phi) is 6.92. The molecule has 5 heteroatoms. The maximum Gasteiger partial charge on any atom is 0.258 e. The Morgan fingerprint density at radius 2 is 1.73 bits per heavy atom. The van der Waals surface area contributed by atoms with Crippen molar-refractivity contribution < 1.29 is 9.53 Å². The Balaban J connectivity index is 1.58. The molecule has 138 valence electrons. The normalized spacial score (nSPS) is 16.0. The van der Waals surface area contributed by atoms with Gasteiger partial charge < -0.3 is 10.1 Å². The fourth-order valence-corrected chi connectivity index (χ4v) is 3.43. The number of benzene rings is 2. The monoisotopic (exact) mass is 372 g/mol. The summed E-state index contributed by atoms with van der Waals surface area (Å²) in [5, 5.41) is 3.75. The summed E-state index contributed by atoms with van der Waals surface area (Å²) in [6.07, 6.45) is 3.69. The number of hydrogen-bond donors (Lipinski definition) is 1. The van der Waals surface area contributed by atoms with E-state index in [1.54, 1.807) is 0 Å². The summed E-state index contributed by atoms with van der Waals surface area (Å²) >= 11 is 6.03. The minimum absolute atomic E-state index is 0.0251. The molecular formula is C21H25ClN2O2. The van der Waals surface area contributed by atoms with Crippen LogP contribution in [-0.4, -0.2) is 37.0 Å². The molecule has 1 atom stereocenters. The van der Waals surface area contributed by atoms with Gasteiger partial charge in [0.25, 0.3) is 5.91 Å². The Hall–Kier alpha value is -2.04. The predicted octanol–water partition coefficient (Wildman–Crippen LogP) is 4.06. The second kappa shape index (κ2) is 9.60. The van der Waals surface area contributed by atoms with Crippen LogP contribution in [0, 0.1) is 0 Å². The molecule has 0 saturated carbocycles. The fraction of sp³-hybridized carbons (Fsp3) is 0.381. The average molecular weight is 373 g/mol. The van der Waals surface area contributed by atoms with Gasteiger partial charge in [-0.05, 0) is 55.8 Å². The van der Waals surface area contributed by atoms with Crippen molar-refractivity contribution in [2.45, 2.75) is 25.3 Å². The van der Waals surface area contributed by atoms with E-state index in [1.165, 1.54) is 24.8 Å².